The molecule has 0 saturated heterocycles. The molecule has 2 rings (SSSR count). The summed E-state index contributed by atoms with van der Waals surface area (Å²) < 4.78 is 5.55. The second kappa shape index (κ2) is 6.01. The quantitative estimate of drug-likeness (QED) is 0.516. The number of nitrogens with one attached hydrogen (secondary N) is 1. The number of thiazole rings is 1. The number of benzene rings is 1. The molecule has 1 heterocycles. The van der Waals surface area contributed by atoms with E-state index < -0.39 is 5.91 Å². The molecule has 1 amide bonds. The molecule has 0 radical (unpaired) electrons. The summed E-state index contributed by atoms with van der Waals surface area (Å²) >= 11 is 7.26. The Balaban J connectivity index is 2.02. The molecule has 0 aliphatic carbocycles. The lowest BCUT2D eigenvalue weighted by Gasteiger charge is -2.06. The lowest BCUT2D eigenvalue weighted by Crippen LogP contribution is -2.29. The van der Waals surface area contributed by atoms with Crippen LogP contribution in [-0.2, 0) is 6.61 Å². The molecule has 0 bridgehead atoms. The maximum Gasteiger partial charge on any atom is 0.294 e. The monoisotopic (exact) mass is 297 g/mol. The van der Waals surface area contributed by atoms with E-state index in [1.54, 1.807) is 11.4 Å². The molecule has 0 aliphatic heterocycles. The van der Waals surface area contributed by atoms with E-state index in [-0.39, 0.29) is 6.61 Å². The van der Waals surface area contributed by atoms with E-state index in [2.05, 4.69) is 4.98 Å². The number of nitrogens with two attached hydrogens (primary N) is 1. The predicted molar refractivity (Wildman–Crippen MR) is 74.3 cm³/mol. The normalized spacial score (nSPS) is 10.3. The highest BCUT2D eigenvalue weighted by molar-refractivity contribution is 7.11. The molecule has 0 fully saturated rings. The Morgan fingerprint density at radius 1 is 1.58 bits per heavy atom. The predicted octanol–water partition coefficient (Wildman–Crippen LogP) is 2.29. The summed E-state index contributed by atoms with van der Waals surface area (Å²) in [5, 5.41) is 2.60. The van der Waals surface area contributed by atoms with Crippen LogP contribution in [0, 0.1) is 6.92 Å². The SMILES string of the molecule is Cc1ccc(OCc2csc(C(=O)NN)n2)c(Cl)c1. The van der Waals surface area contributed by atoms with Crippen LogP contribution in [0.1, 0.15) is 21.1 Å². The average molecular weight is 298 g/mol. The molecule has 2 aromatic rings. The van der Waals surface area contributed by atoms with Crippen molar-refractivity contribution in [3.05, 3.63) is 44.9 Å². The molecule has 1 aromatic carbocycles. The number of hydrogen-bond acceptors (Lipinski definition) is 5. The van der Waals surface area contributed by atoms with Gasteiger partial charge in [-0.2, -0.15) is 0 Å². The van der Waals surface area contributed by atoms with Gasteiger partial charge in [0.05, 0.1) is 10.7 Å². The number of nitrogens with zero attached hydrogens (tertiary/aromatic N) is 1. The van der Waals surface area contributed by atoms with Crippen molar-refractivity contribution in [2.24, 2.45) is 5.84 Å². The van der Waals surface area contributed by atoms with E-state index in [0.29, 0.717) is 21.5 Å². The number of ether oxygens (including phenoxy) is 1. The third-order valence-corrected chi connectivity index (χ3v) is 3.53. The number of carbonyl (C=O) groups is 1. The second-order valence-corrected chi connectivity index (χ2v) is 5.11. The minimum absolute atomic E-state index is 0.247. The fourth-order valence-corrected chi connectivity index (χ4v) is 2.41. The van der Waals surface area contributed by atoms with Crippen LogP contribution in [0.4, 0.5) is 0 Å². The van der Waals surface area contributed by atoms with Gasteiger partial charge in [0, 0.05) is 5.38 Å². The molecule has 1 aromatic heterocycles. The lowest BCUT2D eigenvalue weighted by molar-refractivity contribution is 0.0953. The molecule has 0 saturated carbocycles. The van der Waals surface area contributed by atoms with Gasteiger partial charge in [0.1, 0.15) is 12.4 Å². The van der Waals surface area contributed by atoms with Crippen LogP contribution in [0.2, 0.25) is 5.02 Å². The summed E-state index contributed by atoms with van der Waals surface area (Å²) in [6, 6.07) is 5.54. The summed E-state index contributed by atoms with van der Waals surface area (Å²) in [5.74, 6) is 5.21. The van der Waals surface area contributed by atoms with Crippen molar-refractivity contribution >= 4 is 28.8 Å². The Labute approximate surface area is 119 Å². The first-order valence-electron chi connectivity index (χ1n) is 5.44. The van der Waals surface area contributed by atoms with Crippen LogP contribution in [0.5, 0.6) is 5.75 Å². The number of amides is 1. The van der Waals surface area contributed by atoms with E-state index in [4.69, 9.17) is 22.2 Å². The molecule has 0 atom stereocenters. The Hall–Kier alpha value is -1.63. The summed E-state index contributed by atoms with van der Waals surface area (Å²) in [6.07, 6.45) is 0. The molecule has 0 spiro atoms. The summed E-state index contributed by atoms with van der Waals surface area (Å²) in [5.41, 5.74) is 3.75. The van der Waals surface area contributed by atoms with Gasteiger partial charge in [0.25, 0.3) is 5.91 Å². The van der Waals surface area contributed by atoms with Crippen LogP contribution in [0.15, 0.2) is 23.6 Å². The third-order valence-electron chi connectivity index (χ3n) is 2.34. The number of halogens is 1. The van der Waals surface area contributed by atoms with Gasteiger partial charge in [-0.3, -0.25) is 10.2 Å². The third kappa shape index (κ3) is 3.44. The maximum atomic E-state index is 11.2. The fourth-order valence-electron chi connectivity index (χ4n) is 1.41. The van der Waals surface area contributed by atoms with E-state index in [9.17, 15) is 4.79 Å². The van der Waals surface area contributed by atoms with Crippen LogP contribution < -0.4 is 16.0 Å². The number of hydrazine groups is 1. The van der Waals surface area contributed by atoms with Gasteiger partial charge < -0.3 is 4.74 Å². The summed E-state index contributed by atoms with van der Waals surface area (Å²) in [7, 11) is 0. The number of nitrogen functional groups attached to an aromatic ring is 1. The highest BCUT2D eigenvalue weighted by Gasteiger charge is 2.10. The standard InChI is InChI=1S/C12H12ClN3O2S/c1-7-2-3-10(9(13)4-7)18-5-8-6-19-12(15-8)11(17)16-14/h2-4,6H,5,14H2,1H3,(H,16,17). The number of hydrogen-bond donors (Lipinski definition) is 2. The van der Waals surface area contributed by atoms with Crippen LogP contribution in [0.25, 0.3) is 0 Å². The molecule has 3 N–H and O–H groups in total. The molecule has 100 valence electrons. The zero-order valence-corrected chi connectivity index (χ0v) is 11.7. The van der Waals surface area contributed by atoms with Crippen LogP contribution in [0.3, 0.4) is 0 Å². The van der Waals surface area contributed by atoms with Crippen molar-refractivity contribution in [2.75, 3.05) is 0 Å². The Morgan fingerprint density at radius 3 is 3.05 bits per heavy atom. The van der Waals surface area contributed by atoms with Crippen molar-refractivity contribution in [3.8, 4) is 5.75 Å². The van der Waals surface area contributed by atoms with Gasteiger partial charge >= 0.3 is 0 Å². The van der Waals surface area contributed by atoms with Crippen molar-refractivity contribution in [2.45, 2.75) is 13.5 Å². The molecule has 0 aliphatic rings. The second-order valence-electron chi connectivity index (χ2n) is 3.84. The topological polar surface area (TPSA) is 77.2 Å². The Morgan fingerprint density at radius 2 is 2.37 bits per heavy atom. The minimum atomic E-state index is -0.412. The smallest absolute Gasteiger partial charge is 0.294 e. The van der Waals surface area contributed by atoms with Gasteiger partial charge in [-0.05, 0) is 24.6 Å². The van der Waals surface area contributed by atoms with Crippen molar-refractivity contribution in [1.29, 1.82) is 0 Å². The molecular weight excluding hydrogens is 286 g/mol. The van der Waals surface area contributed by atoms with Gasteiger partial charge in [-0.25, -0.2) is 10.8 Å². The first-order valence-corrected chi connectivity index (χ1v) is 6.70. The first-order chi connectivity index (χ1) is 9.10. The first kappa shape index (κ1) is 13.8. The Kier molecular flexibility index (Phi) is 4.36. The summed E-state index contributed by atoms with van der Waals surface area (Å²) in [4.78, 5) is 15.3. The van der Waals surface area contributed by atoms with E-state index in [1.807, 2.05) is 24.5 Å². The van der Waals surface area contributed by atoms with Crippen LogP contribution in [-0.4, -0.2) is 10.9 Å². The number of aryl methyl sites for hydroxylation is 1. The summed E-state index contributed by atoms with van der Waals surface area (Å²) in [6.45, 7) is 2.20. The fraction of sp³-hybridized carbons (Fsp3) is 0.167. The highest BCUT2D eigenvalue weighted by Crippen LogP contribution is 2.26. The Bertz CT molecular complexity index is 600. The molecular formula is C12H12ClN3O2S. The number of carbonyl (C=O) groups excluding carboxylic acids is 1. The van der Waals surface area contributed by atoms with Gasteiger partial charge in [-0.15, -0.1) is 11.3 Å². The van der Waals surface area contributed by atoms with Gasteiger partial charge in [0.15, 0.2) is 5.01 Å². The largest absolute Gasteiger partial charge is 0.486 e. The average Bonchev–Trinajstić information content (AvgIpc) is 2.85. The van der Waals surface area contributed by atoms with E-state index in [0.717, 1.165) is 5.56 Å². The van der Waals surface area contributed by atoms with Gasteiger partial charge in [-0.1, -0.05) is 17.7 Å². The lowest BCUT2D eigenvalue weighted by atomic mass is 10.2. The van der Waals surface area contributed by atoms with E-state index >= 15 is 0 Å². The molecule has 19 heavy (non-hydrogen) atoms. The minimum Gasteiger partial charge on any atom is -0.486 e. The number of rotatable bonds is 4. The molecule has 7 heteroatoms. The molecule has 5 nitrogen and oxygen atoms in total. The zero-order chi connectivity index (χ0) is 13.8. The zero-order valence-electron chi connectivity index (χ0n) is 10.1. The molecule has 0 unspecified atom stereocenters. The highest BCUT2D eigenvalue weighted by atomic mass is 35.5. The van der Waals surface area contributed by atoms with Gasteiger partial charge in [0.2, 0.25) is 0 Å². The van der Waals surface area contributed by atoms with E-state index in [1.165, 1.54) is 11.3 Å². The van der Waals surface area contributed by atoms with Crippen molar-refractivity contribution in [3.63, 3.8) is 0 Å². The number of aromatic nitrogens is 1. The van der Waals surface area contributed by atoms with Crippen molar-refractivity contribution < 1.29 is 9.53 Å². The van der Waals surface area contributed by atoms with Crippen molar-refractivity contribution in [1.82, 2.24) is 10.4 Å². The maximum absolute atomic E-state index is 11.2. The van der Waals surface area contributed by atoms with Crippen LogP contribution >= 0.6 is 22.9 Å².